The maximum absolute atomic E-state index is 13.5. The van der Waals surface area contributed by atoms with Gasteiger partial charge in [-0.3, -0.25) is 9.59 Å². The Kier molecular flexibility index (Phi) is 6.61. The second-order valence-electron chi connectivity index (χ2n) is 8.05. The van der Waals surface area contributed by atoms with Crippen molar-refractivity contribution in [1.29, 1.82) is 0 Å². The molecule has 0 saturated heterocycles. The zero-order chi connectivity index (χ0) is 22.7. The molecule has 1 aliphatic rings. The Balaban J connectivity index is 1.51. The standard InChI is InChI=1S/C26H25FN2O2S/c1-17-7-9-20(10-8-17)16-29-22-5-3-4-6-23(22)32-24(26(29)31)18(2)25(30)28-15-19-11-13-21(27)14-12-19/h3-14,18,24H,15-16H2,1-2H3,(H,28,30)/t18-,24+/m0/s1. The van der Waals surface area contributed by atoms with Crippen molar-refractivity contribution in [3.63, 3.8) is 0 Å². The van der Waals surface area contributed by atoms with Crippen molar-refractivity contribution in [3.8, 4) is 0 Å². The van der Waals surface area contributed by atoms with Crippen molar-refractivity contribution in [1.82, 2.24) is 5.32 Å². The summed E-state index contributed by atoms with van der Waals surface area (Å²) < 4.78 is 13.1. The zero-order valence-electron chi connectivity index (χ0n) is 18.0. The van der Waals surface area contributed by atoms with Gasteiger partial charge in [-0.05, 0) is 42.3 Å². The second-order valence-corrected chi connectivity index (χ2v) is 9.23. The lowest BCUT2D eigenvalue weighted by atomic mass is 10.0. The first-order valence-corrected chi connectivity index (χ1v) is 11.4. The minimum Gasteiger partial charge on any atom is -0.352 e. The monoisotopic (exact) mass is 448 g/mol. The molecule has 0 aromatic heterocycles. The minimum atomic E-state index is -0.526. The number of fused-ring (bicyclic) bond motifs is 1. The van der Waals surface area contributed by atoms with Crippen LogP contribution in [0.25, 0.3) is 0 Å². The third-order valence-electron chi connectivity index (χ3n) is 5.63. The number of para-hydroxylation sites is 1. The molecule has 164 valence electrons. The summed E-state index contributed by atoms with van der Waals surface area (Å²) in [5.41, 5.74) is 3.89. The van der Waals surface area contributed by atoms with Gasteiger partial charge in [-0.1, -0.05) is 61.0 Å². The van der Waals surface area contributed by atoms with E-state index in [4.69, 9.17) is 0 Å². The highest BCUT2D eigenvalue weighted by atomic mass is 32.2. The van der Waals surface area contributed by atoms with Crippen LogP contribution in [-0.4, -0.2) is 17.1 Å². The SMILES string of the molecule is Cc1ccc(CN2C(=O)[C@@H]([C@H](C)C(=O)NCc3ccc(F)cc3)Sc3ccccc32)cc1. The van der Waals surface area contributed by atoms with E-state index in [1.54, 1.807) is 24.0 Å². The number of benzene rings is 3. The van der Waals surface area contributed by atoms with Gasteiger partial charge in [-0.15, -0.1) is 11.8 Å². The van der Waals surface area contributed by atoms with Gasteiger partial charge in [0, 0.05) is 11.4 Å². The highest BCUT2D eigenvalue weighted by Gasteiger charge is 2.39. The van der Waals surface area contributed by atoms with Gasteiger partial charge in [-0.25, -0.2) is 4.39 Å². The fourth-order valence-electron chi connectivity index (χ4n) is 3.68. The molecule has 0 saturated carbocycles. The lowest BCUT2D eigenvalue weighted by Crippen LogP contribution is -2.47. The molecule has 0 bridgehead atoms. The Morgan fingerprint density at radius 1 is 1.03 bits per heavy atom. The van der Waals surface area contributed by atoms with E-state index in [-0.39, 0.29) is 17.6 Å². The molecule has 0 aliphatic carbocycles. The summed E-state index contributed by atoms with van der Waals surface area (Å²) in [6.45, 7) is 4.56. The van der Waals surface area contributed by atoms with Crippen LogP contribution in [0.4, 0.5) is 10.1 Å². The number of rotatable bonds is 6. The summed E-state index contributed by atoms with van der Waals surface area (Å²) in [6, 6.07) is 21.9. The molecule has 2 atom stereocenters. The van der Waals surface area contributed by atoms with Crippen LogP contribution in [0.15, 0.2) is 77.7 Å². The van der Waals surface area contributed by atoms with Gasteiger partial charge in [0.05, 0.1) is 18.2 Å². The molecule has 0 fully saturated rings. The normalized spacial score (nSPS) is 16.4. The predicted molar refractivity (Wildman–Crippen MR) is 126 cm³/mol. The number of hydrogen-bond donors (Lipinski definition) is 1. The number of amides is 2. The fraction of sp³-hybridized carbons (Fsp3) is 0.231. The highest BCUT2D eigenvalue weighted by Crippen LogP contribution is 2.42. The smallest absolute Gasteiger partial charge is 0.241 e. The van der Waals surface area contributed by atoms with Gasteiger partial charge in [0.25, 0.3) is 0 Å². The summed E-state index contributed by atoms with van der Waals surface area (Å²) >= 11 is 1.44. The molecule has 6 heteroatoms. The van der Waals surface area contributed by atoms with Crippen LogP contribution in [0.5, 0.6) is 0 Å². The van der Waals surface area contributed by atoms with Crippen molar-refractivity contribution < 1.29 is 14.0 Å². The third-order valence-corrected chi connectivity index (χ3v) is 7.09. The first kappa shape index (κ1) is 22.1. The van der Waals surface area contributed by atoms with Crippen LogP contribution >= 0.6 is 11.8 Å². The Bertz CT molecular complexity index is 1120. The summed E-state index contributed by atoms with van der Waals surface area (Å²) in [7, 11) is 0. The number of nitrogens with one attached hydrogen (secondary N) is 1. The van der Waals surface area contributed by atoms with Crippen molar-refractivity contribution in [2.45, 2.75) is 37.1 Å². The molecule has 0 unspecified atom stereocenters. The number of hydrogen-bond acceptors (Lipinski definition) is 3. The first-order chi connectivity index (χ1) is 15.4. The van der Waals surface area contributed by atoms with Gasteiger partial charge in [-0.2, -0.15) is 0 Å². The van der Waals surface area contributed by atoms with Gasteiger partial charge >= 0.3 is 0 Å². The lowest BCUT2D eigenvalue weighted by molar-refractivity contribution is -0.128. The Hall–Kier alpha value is -3.12. The molecule has 3 aromatic carbocycles. The molecular weight excluding hydrogens is 423 g/mol. The van der Waals surface area contributed by atoms with Gasteiger partial charge in [0.2, 0.25) is 11.8 Å². The van der Waals surface area contributed by atoms with Gasteiger partial charge < -0.3 is 10.2 Å². The Labute approximate surface area is 191 Å². The maximum atomic E-state index is 13.5. The molecule has 0 radical (unpaired) electrons. The first-order valence-electron chi connectivity index (χ1n) is 10.6. The Morgan fingerprint density at radius 2 is 1.69 bits per heavy atom. The van der Waals surface area contributed by atoms with E-state index < -0.39 is 11.2 Å². The van der Waals surface area contributed by atoms with E-state index >= 15 is 0 Å². The molecule has 4 rings (SSSR count). The number of aryl methyl sites for hydroxylation is 1. The average molecular weight is 449 g/mol. The molecule has 0 spiro atoms. The van der Waals surface area contributed by atoms with Gasteiger partial charge in [0.15, 0.2) is 0 Å². The van der Waals surface area contributed by atoms with Crippen LogP contribution in [0.2, 0.25) is 0 Å². The van der Waals surface area contributed by atoms with Crippen LogP contribution in [0.3, 0.4) is 0 Å². The maximum Gasteiger partial charge on any atom is 0.241 e. The van der Waals surface area contributed by atoms with Crippen molar-refractivity contribution in [3.05, 3.63) is 95.3 Å². The molecule has 1 N–H and O–H groups in total. The fourth-order valence-corrected chi connectivity index (χ4v) is 4.97. The quantitative estimate of drug-likeness (QED) is 0.571. The average Bonchev–Trinajstić information content (AvgIpc) is 2.81. The molecular formula is C26H25FN2O2S. The molecule has 4 nitrogen and oxygen atoms in total. The molecule has 32 heavy (non-hydrogen) atoms. The minimum absolute atomic E-state index is 0.0706. The summed E-state index contributed by atoms with van der Waals surface area (Å²) in [5, 5.41) is 2.36. The number of halogens is 1. The van der Waals surface area contributed by atoms with Crippen LogP contribution in [0, 0.1) is 18.7 Å². The Morgan fingerprint density at radius 3 is 2.41 bits per heavy atom. The number of thioether (sulfide) groups is 1. The summed E-state index contributed by atoms with van der Waals surface area (Å²) in [6.07, 6.45) is 0. The van der Waals surface area contributed by atoms with E-state index in [9.17, 15) is 14.0 Å². The molecule has 2 amide bonds. The van der Waals surface area contributed by atoms with Crippen LogP contribution in [-0.2, 0) is 22.7 Å². The van der Waals surface area contributed by atoms with E-state index in [0.29, 0.717) is 13.1 Å². The van der Waals surface area contributed by atoms with E-state index in [1.807, 2.05) is 55.5 Å². The molecule has 1 heterocycles. The highest BCUT2D eigenvalue weighted by molar-refractivity contribution is 8.01. The van der Waals surface area contributed by atoms with Crippen molar-refractivity contribution in [2.24, 2.45) is 5.92 Å². The second kappa shape index (κ2) is 9.57. The lowest BCUT2D eigenvalue weighted by Gasteiger charge is -2.35. The van der Waals surface area contributed by atoms with Gasteiger partial charge in [0.1, 0.15) is 11.1 Å². The predicted octanol–water partition coefficient (Wildman–Crippen LogP) is 5.09. The van der Waals surface area contributed by atoms with Crippen LogP contribution in [0.1, 0.15) is 23.6 Å². The summed E-state index contributed by atoms with van der Waals surface area (Å²) in [4.78, 5) is 29.1. The van der Waals surface area contributed by atoms with Crippen LogP contribution < -0.4 is 10.2 Å². The molecule has 1 aliphatic heterocycles. The van der Waals surface area contributed by atoms with Crippen molar-refractivity contribution >= 4 is 29.3 Å². The summed E-state index contributed by atoms with van der Waals surface area (Å²) in [5.74, 6) is -1.11. The van der Waals surface area contributed by atoms with E-state index in [0.717, 1.165) is 21.7 Å². The number of carbonyl (C=O) groups excluding carboxylic acids is 2. The van der Waals surface area contributed by atoms with E-state index in [1.165, 1.54) is 29.5 Å². The third kappa shape index (κ3) is 4.86. The number of nitrogens with zero attached hydrogens (tertiary/aromatic N) is 1. The largest absolute Gasteiger partial charge is 0.352 e. The topological polar surface area (TPSA) is 49.4 Å². The number of anilines is 1. The van der Waals surface area contributed by atoms with Crippen molar-refractivity contribution in [2.75, 3.05) is 4.90 Å². The van der Waals surface area contributed by atoms with E-state index in [2.05, 4.69) is 5.32 Å². The zero-order valence-corrected chi connectivity index (χ0v) is 18.9. The number of carbonyl (C=O) groups is 2. The molecule has 3 aromatic rings.